The van der Waals surface area contributed by atoms with Crippen LogP contribution in [-0.4, -0.2) is 27.2 Å². The van der Waals surface area contributed by atoms with E-state index in [1.54, 1.807) is 11.0 Å². The van der Waals surface area contributed by atoms with Crippen molar-refractivity contribution < 1.29 is 4.79 Å². The number of nitrogens with two attached hydrogens (primary N) is 1. The molecular weight excluding hydrogens is 194 g/mol. The number of nitrogens with one attached hydrogen (secondary N) is 1. The summed E-state index contributed by atoms with van der Waals surface area (Å²) in [6.07, 6.45) is 4.61. The fourth-order valence-electron chi connectivity index (χ4n) is 1.80. The number of carbonyl (C=O) groups excluding carboxylic acids is 1. The third-order valence-corrected chi connectivity index (χ3v) is 2.61. The lowest BCUT2D eigenvalue weighted by Gasteiger charge is -2.11. The molecule has 6 nitrogen and oxygen atoms in total. The van der Waals surface area contributed by atoms with E-state index >= 15 is 0 Å². The van der Waals surface area contributed by atoms with Crippen LogP contribution in [0, 0.1) is 5.92 Å². The summed E-state index contributed by atoms with van der Waals surface area (Å²) >= 11 is 0. The van der Waals surface area contributed by atoms with E-state index in [9.17, 15) is 4.79 Å². The van der Waals surface area contributed by atoms with Crippen molar-refractivity contribution in [3.8, 4) is 0 Å². The molecule has 1 fully saturated rings. The van der Waals surface area contributed by atoms with Gasteiger partial charge in [0.15, 0.2) is 0 Å². The molecule has 1 saturated heterocycles. The Morgan fingerprint density at radius 1 is 1.60 bits per heavy atom. The van der Waals surface area contributed by atoms with Gasteiger partial charge in [0.05, 0.1) is 12.5 Å². The Hall–Kier alpha value is -1.59. The van der Waals surface area contributed by atoms with Gasteiger partial charge in [-0.25, -0.2) is 4.98 Å². The van der Waals surface area contributed by atoms with Crippen LogP contribution >= 0.6 is 0 Å². The lowest BCUT2D eigenvalue weighted by molar-refractivity contribution is -0.125. The van der Waals surface area contributed by atoms with E-state index in [1.165, 1.54) is 0 Å². The molecule has 0 saturated carbocycles. The molecule has 6 heteroatoms. The first-order valence-corrected chi connectivity index (χ1v) is 5.18. The molecule has 0 aromatic carbocycles. The van der Waals surface area contributed by atoms with Crippen molar-refractivity contribution in [1.29, 1.82) is 0 Å². The predicted octanol–water partition coefficient (Wildman–Crippen LogP) is -0.223. The molecule has 15 heavy (non-hydrogen) atoms. The van der Waals surface area contributed by atoms with Crippen molar-refractivity contribution in [2.45, 2.75) is 25.8 Å². The van der Waals surface area contributed by atoms with Crippen molar-refractivity contribution >= 4 is 11.9 Å². The molecule has 1 aromatic heterocycles. The molecule has 1 atom stereocenters. The van der Waals surface area contributed by atoms with Gasteiger partial charge in [-0.3, -0.25) is 9.48 Å². The monoisotopic (exact) mass is 209 g/mol. The standard InChI is InChI=1S/C9H15N5O/c10-9-12-6-14(13-9)5-7-3-1-2-4-11-8(7)15/h6-7H,1-5H2,(H2,10,13)(H,11,15). The Kier molecular flexibility index (Phi) is 2.84. The molecule has 3 N–H and O–H groups in total. The lowest BCUT2D eigenvalue weighted by atomic mass is 10.0. The minimum Gasteiger partial charge on any atom is -0.367 e. The topological polar surface area (TPSA) is 85.8 Å². The highest BCUT2D eigenvalue weighted by Crippen LogP contribution is 2.14. The molecule has 82 valence electrons. The molecule has 0 spiro atoms. The summed E-state index contributed by atoms with van der Waals surface area (Å²) in [4.78, 5) is 15.5. The van der Waals surface area contributed by atoms with Gasteiger partial charge >= 0.3 is 0 Å². The first kappa shape index (κ1) is 9.95. The highest BCUT2D eigenvalue weighted by molar-refractivity contribution is 5.78. The minimum atomic E-state index is -0.00593. The smallest absolute Gasteiger partial charge is 0.239 e. The number of carbonyl (C=O) groups is 1. The van der Waals surface area contributed by atoms with E-state index in [1.807, 2.05) is 0 Å². The SMILES string of the molecule is Nc1ncn(CC2CCCCNC2=O)n1. The van der Waals surface area contributed by atoms with E-state index in [0.717, 1.165) is 25.8 Å². The fraction of sp³-hybridized carbons (Fsp3) is 0.667. The third kappa shape index (κ3) is 2.45. The van der Waals surface area contributed by atoms with E-state index in [4.69, 9.17) is 5.73 Å². The molecule has 2 heterocycles. The van der Waals surface area contributed by atoms with Gasteiger partial charge in [0.2, 0.25) is 11.9 Å². The molecule has 2 rings (SSSR count). The van der Waals surface area contributed by atoms with Gasteiger partial charge in [-0.2, -0.15) is 0 Å². The van der Waals surface area contributed by atoms with Crippen molar-refractivity contribution in [3.63, 3.8) is 0 Å². The van der Waals surface area contributed by atoms with Gasteiger partial charge in [-0.1, -0.05) is 6.42 Å². The van der Waals surface area contributed by atoms with Crippen LogP contribution in [0.15, 0.2) is 6.33 Å². The Balaban J connectivity index is 2.00. The summed E-state index contributed by atoms with van der Waals surface area (Å²) in [5.41, 5.74) is 5.41. The Morgan fingerprint density at radius 3 is 3.20 bits per heavy atom. The second-order valence-electron chi connectivity index (χ2n) is 3.81. The van der Waals surface area contributed by atoms with Crippen molar-refractivity contribution in [2.75, 3.05) is 12.3 Å². The predicted molar refractivity (Wildman–Crippen MR) is 54.8 cm³/mol. The van der Waals surface area contributed by atoms with Crippen LogP contribution in [0.5, 0.6) is 0 Å². The normalized spacial score (nSPS) is 22.1. The van der Waals surface area contributed by atoms with E-state index < -0.39 is 0 Å². The van der Waals surface area contributed by atoms with E-state index in [2.05, 4.69) is 15.4 Å². The zero-order valence-electron chi connectivity index (χ0n) is 8.52. The Labute approximate surface area is 87.9 Å². The highest BCUT2D eigenvalue weighted by atomic mass is 16.1. The van der Waals surface area contributed by atoms with Gasteiger partial charge in [-0.15, -0.1) is 5.10 Å². The van der Waals surface area contributed by atoms with Gasteiger partial charge in [0.25, 0.3) is 0 Å². The average molecular weight is 209 g/mol. The minimum absolute atomic E-state index is 0.00593. The van der Waals surface area contributed by atoms with Gasteiger partial charge in [0.1, 0.15) is 6.33 Å². The number of nitrogens with zero attached hydrogens (tertiary/aromatic N) is 3. The Morgan fingerprint density at radius 2 is 2.47 bits per heavy atom. The second kappa shape index (κ2) is 4.29. The first-order chi connectivity index (χ1) is 7.25. The number of rotatable bonds is 2. The molecule has 1 aromatic rings. The maximum Gasteiger partial charge on any atom is 0.239 e. The summed E-state index contributed by atoms with van der Waals surface area (Å²) in [5, 5.41) is 6.86. The molecule has 1 amide bonds. The van der Waals surface area contributed by atoms with Crippen molar-refractivity contribution in [3.05, 3.63) is 6.33 Å². The molecule has 0 bridgehead atoms. The number of hydrogen-bond acceptors (Lipinski definition) is 4. The number of hydrogen-bond donors (Lipinski definition) is 2. The summed E-state index contributed by atoms with van der Waals surface area (Å²) in [5.74, 6) is 0.360. The molecule has 0 aliphatic carbocycles. The summed E-state index contributed by atoms with van der Waals surface area (Å²) < 4.78 is 1.63. The summed E-state index contributed by atoms with van der Waals surface area (Å²) in [7, 11) is 0. The van der Waals surface area contributed by atoms with Crippen LogP contribution in [-0.2, 0) is 11.3 Å². The van der Waals surface area contributed by atoms with Crippen molar-refractivity contribution in [2.24, 2.45) is 5.92 Å². The average Bonchev–Trinajstić information content (AvgIpc) is 2.50. The van der Waals surface area contributed by atoms with Gasteiger partial charge in [-0.05, 0) is 12.8 Å². The maximum absolute atomic E-state index is 11.6. The zero-order chi connectivity index (χ0) is 10.7. The number of aromatic nitrogens is 3. The maximum atomic E-state index is 11.6. The highest BCUT2D eigenvalue weighted by Gasteiger charge is 2.21. The van der Waals surface area contributed by atoms with Crippen LogP contribution in [0.4, 0.5) is 5.95 Å². The second-order valence-corrected chi connectivity index (χ2v) is 3.81. The largest absolute Gasteiger partial charge is 0.367 e. The first-order valence-electron chi connectivity index (χ1n) is 5.18. The van der Waals surface area contributed by atoms with Crippen LogP contribution in [0.2, 0.25) is 0 Å². The van der Waals surface area contributed by atoms with Crippen LogP contribution in [0.1, 0.15) is 19.3 Å². The fourth-order valence-corrected chi connectivity index (χ4v) is 1.80. The molecule has 1 aliphatic heterocycles. The quantitative estimate of drug-likeness (QED) is 0.705. The number of nitrogen functional groups attached to an aromatic ring is 1. The van der Waals surface area contributed by atoms with Crippen LogP contribution in [0.25, 0.3) is 0 Å². The van der Waals surface area contributed by atoms with E-state index in [-0.39, 0.29) is 17.8 Å². The molecule has 1 unspecified atom stereocenters. The third-order valence-electron chi connectivity index (χ3n) is 2.61. The zero-order valence-corrected chi connectivity index (χ0v) is 8.52. The van der Waals surface area contributed by atoms with Gasteiger partial charge < -0.3 is 11.1 Å². The lowest BCUT2D eigenvalue weighted by Crippen LogP contribution is -2.31. The number of amides is 1. The van der Waals surface area contributed by atoms with Crippen molar-refractivity contribution in [1.82, 2.24) is 20.1 Å². The molecular formula is C9H15N5O. The number of anilines is 1. The molecule has 0 radical (unpaired) electrons. The Bertz CT molecular complexity index is 348. The molecule has 1 aliphatic rings. The van der Waals surface area contributed by atoms with E-state index in [0.29, 0.717) is 6.54 Å². The van der Waals surface area contributed by atoms with Gasteiger partial charge in [0, 0.05) is 6.54 Å². The summed E-state index contributed by atoms with van der Waals surface area (Å²) in [6.45, 7) is 1.35. The van der Waals surface area contributed by atoms with Crippen LogP contribution < -0.4 is 11.1 Å². The van der Waals surface area contributed by atoms with Crippen LogP contribution in [0.3, 0.4) is 0 Å². The summed E-state index contributed by atoms with van der Waals surface area (Å²) in [6, 6.07) is 0.